The Morgan fingerprint density at radius 1 is 1.23 bits per heavy atom. The molecule has 8 nitrogen and oxygen atoms in total. The van der Waals surface area contributed by atoms with Crippen molar-refractivity contribution in [2.45, 2.75) is 0 Å². The van der Waals surface area contributed by atoms with E-state index in [1.807, 2.05) is 24.3 Å². The summed E-state index contributed by atoms with van der Waals surface area (Å²) in [6, 6.07) is 12.2. The first-order valence-electron chi connectivity index (χ1n) is 7.39. The molecule has 2 aromatic carbocycles. The van der Waals surface area contributed by atoms with Crippen molar-refractivity contribution >= 4 is 56.7 Å². The van der Waals surface area contributed by atoms with E-state index in [2.05, 4.69) is 20.4 Å². The number of aromatic carboxylic acids is 1. The van der Waals surface area contributed by atoms with E-state index in [1.165, 1.54) is 28.2 Å². The van der Waals surface area contributed by atoms with Crippen LogP contribution < -0.4 is 11.1 Å². The maximum atomic E-state index is 11.0. The van der Waals surface area contributed by atoms with Gasteiger partial charge in [0.25, 0.3) is 0 Å². The summed E-state index contributed by atoms with van der Waals surface area (Å²) in [5.41, 5.74) is 7.37. The Labute approximate surface area is 155 Å². The predicted octanol–water partition coefficient (Wildman–Crippen LogP) is 3.55. The van der Waals surface area contributed by atoms with Gasteiger partial charge in [-0.05, 0) is 30.3 Å². The second kappa shape index (κ2) is 6.28. The van der Waals surface area contributed by atoms with Gasteiger partial charge in [0.05, 0.1) is 20.8 Å². The van der Waals surface area contributed by atoms with Crippen LogP contribution in [0.5, 0.6) is 0 Å². The lowest BCUT2D eigenvalue weighted by Crippen LogP contribution is -2.02. The highest BCUT2D eigenvalue weighted by atomic mass is 35.5. The highest BCUT2D eigenvalue weighted by Gasteiger charge is 2.14. The minimum atomic E-state index is -1.09. The number of hydrogen-bond acceptors (Lipinski definition) is 7. The molecule has 4 aromatic rings. The van der Waals surface area contributed by atoms with Crippen LogP contribution in [0.25, 0.3) is 15.3 Å². The Bertz CT molecular complexity index is 1110. The number of hydrogen-bond donors (Lipinski definition) is 3. The van der Waals surface area contributed by atoms with Crippen LogP contribution in [0.1, 0.15) is 10.4 Å². The molecule has 0 saturated heterocycles. The number of aromatic nitrogens is 4. The number of nitrogens with zero attached hydrogens (tertiary/aromatic N) is 4. The number of carboxylic acids is 1. The van der Waals surface area contributed by atoms with Gasteiger partial charge in [-0.15, -0.1) is 5.10 Å². The van der Waals surface area contributed by atoms with Gasteiger partial charge in [-0.3, -0.25) is 0 Å². The van der Waals surface area contributed by atoms with Gasteiger partial charge in [0.2, 0.25) is 17.0 Å². The van der Waals surface area contributed by atoms with Gasteiger partial charge in [-0.1, -0.05) is 35.1 Å². The molecule has 0 unspecified atom stereocenters. The molecule has 0 spiro atoms. The maximum absolute atomic E-state index is 11.0. The monoisotopic (exact) mass is 386 g/mol. The third kappa shape index (κ3) is 2.93. The lowest BCUT2D eigenvalue weighted by molar-refractivity contribution is 0.0697. The summed E-state index contributed by atoms with van der Waals surface area (Å²) < 4.78 is 2.46. The number of fused-ring (bicyclic) bond motifs is 1. The van der Waals surface area contributed by atoms with E-state index >= 15 is 0 Å². The number of rotatable bonds is 4. The Kier molecular flexibility index (Phi) is 3.94. The number of benzene rings is 2. The number of para-hydroxylation sites is 1. The topological polar surface area (TPSA) is 119 Å². The van der Waals surface area contributed by atoms with Crippen molar-refractivity contribution in [1.82, 2.24) is 19.7 Å². The van der Waals surface area contributed by atoms with E-state index in [1.54, 1.807) is 6.07 Å². The molecule has 4 N–H and O–H groups in total. The van der Waals surface area contributed by atoms with Crippen molar-refractivity contribution in [3.05, 3.63) is 53.1 Å². The van der Waals surface area contributed by atoms with Crippen molar-refractivity contribution < 1.29 is 9.90 Å². The highest BCUT2D eigenvalue weighted by Crippen LogP contribution is 2.27. The second-order valence-corrected chi connectivity index (χ2v) is 6.71. The van der Waals surface area contributed by atoms with E-state index in [0.29, 0.717) is 10.8 Å². The van der Waals surface area contributed by atoms with Gasteiger partial charge in [-0.2, -0.15) is 9.67 Å². The Morgan fingerprint density at radius 2 is 2.04 bits per heavy atom. The zero-order chi connectivity index (χ0) is 18.3. The van der Waals surface area contributed by atoms with Crippen LogP contribution in [0.3, 0.4) is 0 Å². The fourth-order valence-corrected chi connectivity index (χ4v) is 3.55. The molecule has 0 radical (unpaired) electrons. The SMILES string of the molecule is Nc1nc(Nc2ccc(C(=O)O)c(Cl)c2)nn1-c1nc2ccccc2s1. The molecule has 2 aromatic heterocycles. The number of nitrogen functional groups attached to an aromatic ring is 1. The van der Waals surface area contributed by atoms with Crippen LogP contribution in [-0.4, -0.2) is 30.8 Å². The summed E-state index contributed by atoms with van der Waals surface area (Å²) in [4.78, 5) is 19.7. The van der Waals surface area contributed by atoms with Crippen LogP contribution in [0.4, 0.5) is 17.6 Å². The molecular weight excluding hydrogens is 376 g/mol. The summed E-state index contributed by atoms with van der Waals surface area (Å²) >= 11 is 7.42. The van der Waals surface area contributed by atoms with Crippen LogP contribution in [0.15, 0.2) is 42.5 Å². The quantitative estimate of drug-likeness (QED) is 0.490. The van der Waals surface area contributed by atoms with Crippen molar-refractivity contribution in [3.8, 4) is 5.13 Å². The standard InChI is InChI=1S/C16H11ClN6O2S/c17-10-7-8(5-6-9(10)13(24)25)19-15-21-14(18)23(22-15)16-20-11-3-1-2-4-12(11)26-16/h1-7H,(H,24,25)(H3,18,19,21,22). The summed E-state index contributed by atoms with van der Waals surface area (Å²) in [5, 5.41) is 17.0. The predicted molar refractivity (Wildman–Crippen MR) is 101 cm³/mol. The van der Waals surface area contributed by atoms with Crippen LogP contribution >= 0.6 is 22.9 Å². The zero-order valence-corrected chi connectivity index (χ0v) is 14.6. The fourth-order valence-electron chi connectivity index (χ4n) is 2.36. The molecule has 26 heavy (non-hydrogen) atoms. The summed E-state index contributed by atoms with van der Waals surface area (Å²) in [5.74, 6) is -0.662. The Balaban J connectivity index is 1.64. The van der Waals surface area contributed by atoms with E-state index in [9.17, 15) is 4.79 Å². The average Bonchev–Trinajstić information content (AvgIpc) is 3.17. The van der Waals surface area contributed by atoms with Gasteiger partial charge in [0.15, 0.2) is 0 Å². The normalized spacial score (nSPS) is 11.0. The number of nitrogens with two attached hydrogens (primary N) is 1. The van der Waals surface area contributed by atoms with E-state index < -0.39 is 5.97 Å². The molecule has 0 aliphatic heterocycles. The third-order valence-corrected chi connectivity index (χ3v) is 4.88. The molecule has 0 aliphatic rings. The lowest BCUT2D eigenvalue weighted by atomic mass is 10.2. The summed E-state index contributed by atoms with van der Waals surface area (Å²) in [7, 11) is 0. The molecule has 0 bridgehead atoms. The van der Waals surface area contributed by atoms with Gasteiger partial charge >= 0.3 is 5.97 Å². The fraction of sp³-hybridized carbons (Fsp3) is 0. The summed E-state index contributed by atoms with van der Waals surface area (Å²) in [6.07, 6.45) is 0. The molecule has 10 heteroatoms. The number of halogens is 1. The molecule has 4 rings (SSSR count). The molecule has 0 amide bonds. The average molecular weight is 387 g/mol. The van der Waals surface area contributed by atoms with Crippen molar-refractivity contribution in [2.24, 2.45) is 0 Å². The number of nitrogens with one attached hydrogen (secondary N) is 1. The van der Waals surface area contributed by atoms with Gasteiger partial charge in [0, 0.05) is 5.69 Å². The van der Waals surface area contributed by atoms with Crippen molar-refractivity contribution in [2.75, 3.05) is 11.1 Å². The van der Waals surface area contributed by atoms with E-state index in [4.69, 9.17) is 22.4 Å². The zero-order valence-electron chi connectivity index (χ0n) is 13.0. The molecule has 0 fully saturated rings. The van der Waals surface area contributed by atoms with Crippen LogP contribution in [0.2, 0.25) is 5.02 Å². The number of anilines is 3. The summed E-state index contributed by atoms with van der Waals surface area (Å²) in [6.45, 7) is 0. The largest absolute Gasteiger partial charge is 0.478 e. The number of carbonyl (C=O) groups is 1. The van der Waals surface area contributed by atoms with Gasteiger partial charge < -0.3 is 16.2 Å². The van der Waals surface area contributed by atoms with Crippen LogP contribution in [-0.2, 0) is 0 Å². The smallest absolute Gasteiger partial charge is 0.337 e. The Hall–Kier alpha value is -3.17. The third-order valence-electron chi connectivity index (χ3n) is 3.55. The van der Waals surface area contributed by atoms with Crippen LogP contribution in [0, 0.1) is 0 Å². The molecule has 0 saturated carbocycles. The van der Waals surface area contributed by atoms with E-state index in [-0.39, 0.29) is 22.5 Å². The minimum Gasteiger partial charge on any atom is -0.478 e. The first kappa shape index (κ1) is 16.3. The van der Waals surface area contributed by atoms with E-state index in [0.717, 1.165) is 10.2 Å². The van der Waals surface area contributed by atoms with Gasteiger partial charge in [0.1, 0.15) is 0 Å². The lowest BCUT2D eigenvalue weighted by Gasteiger charge is -2.04. The first-order chi connectivity index (χ1) is 12.5. The minimum absolute atomic E-state index is 0.0182. The van der Waals surface area contributed by atoms with Gasteiger partial charge in [-0.25, -0.2) is 9.78 Å². The molecule has 2 heterocycles. The second-order valence-electron chi connectivity index (χ2n) is 5.29. The maximum Gasteiger partial charge on any atom is 0.337 e. The molecule has 0 aliphatic carbocycles. The first-order valence-corrected chi connectivity index (χ1v) is 8.59. The highest BCUT2D eigenvalue weighted by molar-refractivity contribution is 7.20. The van der Waals surface area contributed by atoms with Crippen molar-refractivity contribution in [1.29, 1.82) is 0 Å². The molecular formula is C16H11ClN6O2S. The molecule has 0 atom stereocenters. The molecule has 130 valence electrons. The van der Waals surface area contributed by atoms with Crippen molar-refractivity contribution in [3.63, 3.8) is 0 Å². The Morgan fingerprint density at radius 3 is 2.77 bits per heavy atom. The number of carboxylic acid groups (broad SMARTS) is 1. The number of thiazole rings is 1.